The smallest absolute Gasteiger partial charge is 0.0585 e. The van der Waals surface area contributed by atoms with E-state index in [1.165, 1.54) is 31.4 Å². The van der Waals surface area contributed by atoms with E-state index in [1.54, 1.807) is 0 Å². The summed E-state index contributed by atoms with van der Waals surface area (Å²) in [5, 5.41) is 4.49. The van der Waals surface area contributed by atoms with Gasteiger partial charge in [0, 0.05) is 31.5 Å². The molecule has 1 aliphatic carbocycles. The highest BCUT2D eigenvalue weighted by Gasteiger charge is 2.20. The van der Waals surface area contributed by atoms with Crippen LogP contribution in [0.25, 0.3) is 0 Å². The molecular formula is C13H21ClN2. The van der Waals surface area contributed by atoms with E-state index in [1.807, 2.05) is 19.3 Å². The normalized spacial score (nSPS) is 25.9. The standard InChI is InChI=1S/C13H21ClN2/c1-10-5-3-4-6-13(10)15-8-12-7-11(14)9-16(12)2/h7,9-10,13,15H,3-6,8H2,1-2H3. The number of aryl methyl sites for hydroxylation is 1. The number of nitrogens with one attached hydrogen (secondary N) is 1. The van der Waals surface area contributed by atoms with Gasteiger partial charge >= 0.3 is 0 Å². The van der Waals surface area contributed by atoms with Crippen LogP contribution in [0, 0.1) is 5.92 Å². The molecule has 1 aromatic rings. The van der Waals surface area contributed by atoms with Crippen LogP contribution >= 0.6 is 11.6 Å². The average Bonchev–Trinajstić information content (AvgIpc) is 2.56. The first-order valence-corrected chi connectivity index (χ1v) is 6.58. The van der Waals surface area contributed by atoms with Crippen LogP contribution in [0.3, 0.4) is 0 Å². The fraction of sp³-hybridized carbons (Fsp3) is 0.692. The zero-order valence-electron chi connectivity index (χ0n) is 10.2. The molecule has 1 N–H and O–H groups in total. The molecule has 1 fully saturated rings. The van der Waals surface area contributed by atoms with Crippen LogP contribution in [0.15, 0.2) is 12.3 Å². The summed E-state index contributed by atoms with van der Waals surface area (Å²) in [5.41, 5.74) is 1.27. The van der Waals surface area contributed by atoms with E-state index in [-0.39, 0.29) is 0 Å². The zero-order valence-corrected chi connectivity index (χ0v) is 10.9. The quantitative estimate of drug-likeness (QED) is 0.858. The molecule has 0 radical (unpaired) electrons. The molecular weight excluding hydrogens is 220 g/mol. The number of aromatic nitrogens is 1. The minimum Gasteiger partial charge on any atom is -0.352 e. The fourth-order valence-electron chi connectivity index (χ4n) is 2.60. The molecule has 0 spiro atoms. The predicted molar refractivity (Wildman–Crippen MR) is 68.7 cm³/mol. The van der Waals surface area contributed by atoms with Gasteiger partial charge in [0.25, 0.3) is 0 Å². The molecule has 1 aliphatic rings. The van der Waals surface area contributed by atoms with Gasteiger partial charge in [-0.1, -0.05) is 31.4 Å². The van der Waals surface area contributed by atoms with Crippen LogP contribution in [-0.4, -0.2) is 10.6 Å². The van der Waals surface area contributed by atoms with E-state index in [9.17, 15) is 0 Å². The van der Waals surface area contributed by atoms with Gasteiger partial charge in [0.1, 0.15) is 0 Å². The van der Waals surface area contributed by atoms with Crippen molar-refractivity contribution in [1.29, 1.82) is 0 Å². The van der Waals surface area contributed by atoms with E-state index in [4.69, 9.17) is 11.6 Å². The Morgan fingerprint density at radius 3 is 2.81 bits per heavy atom. The van der Waals surface area contributed by atoms with Crippen molar-refractivity contribution in [2.24, 2.45) is 13.0 Å². The van der Waals surface area contributed by atoms with Crippen molar-refractivity contribution in [2.75, 3.05) is 0 Å². The van der Waals surface area contributed by atoms with Crippen LogP contribution < -0.4 is 5.32 Å². The minimum atomic E-state index is 0.683. The van der Waals surface area contributed by atoms with E-state index in [0.717, 1.165) is 17.5 Å². The van der Waals surface area contributed by atoms with Gasteiger partial charge in [0.05, 0.1) is 5.02 Å². The predicted octanol–water partition coefficient (Wildman–Crippen LogP) is 3.35. The monoisotopic (exact) mass is 240 g/mol. The molecule has 16 heavy (non-hydrogen) atoms. The first-order chi connectivity index (χ1) is 7.66. The summed E-state index contributed by atoms with van der Waals surface area (Å²) < 4.78 is 2.10. The highest BCUT2D eigenvalue weighted by molar-refractivity contribution is 6.30. The third-order valence-corrected chi connectivity index (χ3v) is 3.94. The van der Waals surface area contributed by atoms with Gasteiger partial charge in [-0.15, -0.1) is 0 Å². The highest BCUT2D eigenvalue weighted by atomic mass is 35.5. The first kappa shape index (κ1) is 12.0. The molecule has 2 atom stereocenters. The maximum absolute atomic E-state index is 5.97. The molecule has 0 saturated heterocycles. The molecule has 90 valence electrons. The van der Waals surface area contributed by atoms with Crippen LogP contribution in [0.4, 0.5) is 0 Å². The molecule has 1 aromatic heterocycles. The Labute approximate surface area is 103 Å². The second kappa shape index (κ2) is 5.24. The van der Waals surface area contributed by atoms with Crippen LogP contribution in [0.2, 0.25) is 5.02 Å². The highest BCUT2D eigenvalue weighted by Crippen LogP contribution is 2.24. The second-order valence-corrected chi connectivity index (χ2v) is 5.45. The minimum absolute atomic E-state index is 0.683. The summed E-state index contributed by atoms with van der Waals surface area (Å²) in [4.78, 5) is 0. The number of hydrogen-bond donors (Lipinski definition) is 1. The Balaban J connectivity index is 1.89. The van der Waals surface area contributed by atoms with Crippen molar-refractivity contribution >= 4 is 11.6 Å². The zero-order chi connectivity index (χ0) is 11.5. The summed E-state index contributed by atoms with van der Waals surface area (Å²) in [6, 6.07) is 2.73. The van der Waals surface area contributed by atoms with Gasteiger partial charge < -0.3 is 9.88 Å². The third kappa shape index (κ3) is 2.80. The summed E-state index contributed by atoms with van der Waals surface area (Å²) in [7, 11) is 2.05. The lowest BCUT2D eigenvalue weighted by atomic mass is 9.86. The summed E-state index contributed by atoms with van der Waals surface area (Å²) in [6.07, 6.45) is 7.42. The lowest BCUT2D eigenvalue weighted by Crippen LogP contribution is -2.37. The molecule has 2 nitrogen and oxygen atoms in total. The Morgan fingerprint density at radius 2 is 2.19 bits per heavy atom. The SMILES string of the molecule is CC1CCCCC1NCc1cc(Cl)cn1C. The molecule has 1 heterocycles. The number of rotatable bonds is 3. The molecule has 1 saturated carbocycles. The number of hydrogen-bond acceptors (Lipinski definition) is 1. The van der Waals surface area contributed by atoms with E-state index >= 15 is 0 Å². The molecule has 0 aliphatic heterocycles. The van der Waals surface area contributed by atoms with Gasteiger partial charge in [-0.2, -0.15) is 0 Å². The molecule has 2 rings (SSSR count). The molecule has 0 aromatic carbocycles. The van der Waals surface area contributed by atoms with Crippen molar-refractivity contribution < 1.29 is 0 Å². The summed E-state index contributed by atoms with van der Waals surface area (Å²) >= 11 is 5.97. The van der Waals surface area contributed by atoms with Crippen molar-refractivity contribution in [1.82, 2.24) is 9.88 Å². The Bertz CT molecular complexity index is 346. The maximum atomic E-state index is 5.97. The van der Waals surface area contributed by atoms with Crippen molar-refractivity contribution in [3.63, 3.8) is 0 Å². The van der Waals surface area contributed by atoms with E-state index in [0.29, 0.717) is 6.04 Å². The third-order valence-electron chi connectivity index (χ3n) is 3.73. The van der Waals surface area contributed by atoms with E-state index < -0.39 is 0 Å². The lowest BCUT2D eigenvalue weighted by Gasteiger charge is -2.29. The van der Waals surface area contributed by atoms with Gasteiger partial charge in [0.2, 0.25) is 0 Å². The summed E-state index contributed by atoms with van der Waals surface area (Å²) in [6.45, 7) is 3.28. The topological polar surface area (TPSA) is 17.0 Å². The fourth-order valence-corrected chi connectivity index (χ4v) is 2.87. The van der Waals surface area contributed by atoms with Crippen LogP contribution in [-0.2, 0) is 13.6 Å². The Morgan fingerprint density at radius 1 is 1.44 bits per heavy atom. The van der Waals surface area contributed by atoms with Crippen LogP contribution in [0.1, 0.15) is 38.3 Å². The number of halogens is 1. The largest absolute Gasteiger partial charge is 0.352 e. The lowest BCUT2D eigenvalue weighted by molar-refractivity contribution is 0.278. The molecule has 0 bridgehead atoms. The van der Waals surface area contributed by atoms with Gasteiger partial charge in [-0.25, -0.2) is 0 Å². The van der Waals surface area contributed by atoms with Crippen LogP contribution in [0.5, 0.6) is 0 Å². The first-order valence-electron chi connectivity index (χ1n) is 6.21. The summed E-state index contributed by atoms with van der Waals surface area (Å²) in [5.74, 6) is 0.810. The molecule has 2 unspecified atom stereocenters. The maximum Gasteiger partial charge on any atom is 0.0585 e. The Hall–Kier alpha value is -0.470. The average molecular weight is 241 g/mol. The molecule has 0 amide bonds. The van der Waals surface area contributed by atoms with Gasteiger partial charge in [0.15, 0.2) is 0 Å². The van der Waals surface area contributed by atoms with Gasteiger partial charge in [-0.05, 0) is 24.8 Å². The van der Waals surface area contributed by atoms with Crippen molar-refractivity contribution in [3.05, 3.63) is 23.0 Å². The molecule has 3 heteroatoms. The van der Waals surface area contributed by atoms with E-state index in [2.05, 4.69) is 16.8 Å². The second-order valence-electron chi connectivity index (χ2n) is 5.01. The number of nitrogens with zero attached hydrogens (tertiary/aromatic N) is 1. The van der Waals surface area contributed by atoms with Crippen molar-refractivity contribution in [3.8, 4) is 0 Å². The van der Waals surface area contributed by atoms with Gasteiger partial charge in [-0.3, -0.25) is 0 Å². The van der Waals surface area contributed by atoms with Crippen molar-refractivity contribution in [2.45, 2.75) is 45.2 Å². The Kier molecular flexibility index (Phi) is 3.93.